The first-order valence-electron chi connectivity index (χ1n) is 15.1. The summed E-state index contributed by atoms with van der Waals surface area (Å²) in [6.07, 6.45) is 0.566. The molecule has 0 bridgehead atoms. The lowest BCUT2D eigenvalue weighted by Gasteiger charge is -2.30. The number of fused-ring (bicyclic) bond motifs is 1. The molecule has 3 aromatic carbocycles. The molecule has 5 rings (SSSR count). The van der Waals surface area contributed by atoms with Gasteiger partial charge in [0.2, 0.25) is 5.91 Å². The maximum Gasteiger partial charge on any atom is 0.251 e. The lowest BCUT2D eigenvalue weighted by Crippen LogP contribution is -2.43. The van der Waals surface area contributed by atoms with Gasteiger partial charge in [0.25, 0.3) is 5.91 Å². The van der Waals surface area contributed by atoms with Crippen LogP contribution in [0.15, 0.2) is 79.0 Å². The summed E-state index contributed by atoms with van der Waals surface area (Å²) in [4.78, 5) is 31.0. The molecule has 0 fully saturated rings. The lowest BCUT2D eigenvalue weighted by molar-refractivity contribution is -0.123. The second-order valence-electron chi connectivity index (χ2n) is 11.8. The Morgan fingerprint density at radius 3 is 2.52 bits per heavy atom. The highest BCUT2D eigenvalue weighted by Gasteiger charge is 2.46. The Morgan fingerprint density at radius 2 is 1.88 bits per heavy atom. The molecule has 1 aliphatic heterocycles. The number of anilines is 1. The lowest BCUT2D eigenvalue weighted by atomic mass is 9.80. The van der Waals surface area contributed by atoms with Gasteiger partial charge in [-0.3, -0.25) is 9.59 Å². The Hall–Kier alpha value is -5.53. The molecule has 1 aromatic heterocycles. The van der Waals surface area contributed by atoms with Crippen molar-refractivity contribution in [2.24, 2.45) is 11.5 Å². The number of nitrogens with one attached hydrogen (secondary N) is 1. The first-order valence-corrected chi connectivity index (χ1v) is 15.4. The number of allylic oxidation sites excluding steroid dienone is 1. The number of methoxy groups -OCH3 is 1. The third-order valence-corrected chi connectivity index (χ3v) is 8.85. The van der Waals surface area contributed by atoms with Crippen LogP contribution in [0.5, 0.6) is 11.5 Å². The van der Waals surface area contributed by atoms with E-state index in [0.29, 0.717) is 6.07 Å². The molecule has 0 aliphatic carbocycles. The van der Waals surface area contributed by atoms with Crippen LogP contribution in [0.2, 0.25) is 5.02 Å². The molecule has 8 N–H and O–H groups in total. The van der Waals surface area contributed by atoms with Crippen LogP contribution in [0.25, 0.3) is 17.3 Å². The minimum absolute atomic E-state index is 0.0138. The molecule has 3 atom stereocenters. The Morgan fingerprint density at radius 1 is 1.18 bits per heavy atom. The van der Waals surface area contributed by atoms with E-state index in [1.54, 1.807) is 30.3 Å². The number of hydrogen-bond acceptors (Lipinski definition) is 8. The molecule has 2 amide bonds. The van der Waals surface area contributed by atoms with E-state index in [4.69, 9.17) is 38.3 Å². The van der Waals surface area contributed by atoms with Crippen molar-refractivity contribution in [3.8, 4) is 22.8 Å². The molecule has 1 aliphatic rings. The van der Waals surface area contributed by atoms with Gasteiger partial charge in [0, 0.05) is 34.0 Å². The van der Waals surface area contributed by atoms with E-state index in [-0.39, 0.29) is 68.7 Å². The first-order chi connectivity index (χ1) is 23.6. The third-order valence-electron chi connectivity index (χ3n) is 8.57. The number of hydrogen-bond donors (Lipinski definition) is 5. The summed E-state index contributed by atoms with van der Waals surface area (Å²) >= 11 is 6.02. The van der Waals surface area contributed by atoms with Crippen molar-refractivity contribution in [2.75, 3.05) is 26.0 Å². The fourth-order valence-electron chi connectivity index (χ4n) is 5.51. The van der Waals surface area contributed by atoms with E-state index in [9.17, 15) is 23.5 Å². The van der Waals surface area contributed by atoms with Gasteiger partial charge < -0.3 is 37.1 Å². The van der Waals surface area contributed by atoms with Gasteiger partial charge in [-0.15, -0.1) is 0 Å². The van der Waals surface area contributed by atoms with Crippen LogP contribution in [0.4, 0.5) is 18.9 Å². The number of benzene rings is 3. The summed E-state index contributed by atoms with van der Waals surface area (Å²) < 4.78 is 54.8. The largest absolute Gasteiger partial charge is 0.495 e. The fraction of sp³-hybridized carbons (Fsp3) is 0.194. The normalized spacial score (nSPS) is 17.2. The van der Waals surface area contributed by atoms with Crippen LogP contribution in [0.1, 0.15) is 39.7 Å². The van der Waals surface area contributed by atoms with E-state index in [1.807, 2.05) is 0 Å². The summed E-state index contributed by atoms with van der Waals surface area (Å²) in [6.45, 7) is 4.14. The monoisotopic (exact) mass is 707 g/mol. The maximum absolute atomic E-state index is 15.3. The average molecular weight is 708 g/mol. The van der Waals surface area contributed by atoms with E-state index in [1.165, 1.54) is 38.3 Å². The van der Waals surface area contributed by atoms with E-state index in [0.717, 1.165) is 12.1 Å². The number of nitrogens with two attached hydrogens (primary N) is 3. The number of ether oxygens (including phenoxy) is 2. The molecule has 50 heavy (non-hydrogen) atoms. The van der Waals surface area contributed by atoms with Crippen LogP contribution in [-0.2, 0) is 15.8 Å². The number of nitrogens with zero attached hydrogens (tertiary/aromatic N) is 1. The predicted octanol–water partition coefficient (Wildman–Crippen LogP) is 4.90. The zero-order chi connectivity index (χ0) is 36.5. The van der Waals surface area contributed by atoms with Gasteiger partial charge in [0.15, 0.2) is 6.17 Å². The van der Waals surface area contributed by atoms with Gasteiger partial charge in [-0.2, -0.15) is 0 Å². The second-order valence-corrected chi connectivity index (χ2v) is 12.2. The molecule has 2 heterocycles. The fourth-order valence-corrected chi connectivity index (χ4v) is 5.68. The van der Waals surface area contributed by atoms with E-state index in [2.05, 4.69) is 16.9 Å². The summed E-state index contributed by atoms with van der Waals surface area (Å²) in [5.41, 5.74) is 14.1. The van der Waals surface area contributed by atoms with Crippen molar-refractivity contribution in [1.82, 2.24) is 10.3 Å². The molecular weight excluding hydrogens is 675 g/mol. The highest BCUT2D eigenvalue weighted by Crippen LogP contribution is 2.47. The van der Waals surface area contributed by atoms with Crippen molar-refractivity contribution in [1.29, 1.82) is 0 Å². The molecule has 0 saturated carbocycles. The van der Waals surface area contributed by atoms with Crippen molar-refractivity contribution < 1.29 is 37.3 Å². The summed E-state index contributed by atoms with van der Waals surface area (Å²) in [5, 5.41) is 14.8. The molecule has 0 saturated heterocycles. The number of aliphatic hydroxyl groups is 1. The van der Waals surface area contributed by atoms with E-state index < -0.39 is 52.2 Å². The average Bonchev–Trinajstić information content (AvgIpc) is 3.46. The molecule has 10 nitrogen and oxygen atoms in total. The maximum atomic E-state index is 15.3. The van der Waals surface area contributed by atoms with Gasteiger partial charge in [0.1, 0.15) is 46.5 Å². The molecule has 260 valence electrons. The van der Waals surface area contributed by atoms with Gasteiger partial charge in [-0.25, -0.2) is 18.2 Å². The number of alkyl halides is 1. The van der Waals surface area contributed by atoms with Gasteiger partial charge in [0.05, 0.1) is 30.1 Å². The number of nitrogen functional groups attached to an aromatic ring is 1. The van der Waals surface area contributed by atoms with Crippen LogP contribution < -0.4 is 32.0 Å². The Balaban J connectivity index is 1.65. The first kappa shape index (κ1) is 35.8. The highest BCUT2D eigenvalue weighted by molar-refractivity contribution is 6.31. The van der Waals surface area contributed by atoms with Gasteiger partial charge >= 0.3 is 0 Å². The standard InChI is InChI=1S/C36H33ClF3N5O5/c1-4-24(38)27(41)11-18-10-19(12-28(49-3)30(18)42)33(46)44-16-36(48,20-8-6-5-7-9-20)29-14-22-32(50-17-35(22,2)34(43)47)31(45-29)21-13-23(37)26(40)15-25(21)39/h4-15,24,48H,1,16-17,41-42H2,2-3H3,(H2,43,47)(H,44,46)/b27-11-/t24?,35-,36+/m0/s1. The Bertz CT molecular complexity index is 2050. The minimum Gasteiger partial charge on any atom is -0.495 e. The van der Waals surface area contributed by atoms with Crippen molar-refractivity contribution in [2.45, 2.75) is 24.1 Å². The van der Waals surface area contributed by atoms with Crippen LogP contribution in [-0.4, -0.2) is 48.3 Å². The van der Waals surface area contributed by atoms with Gasteiger partial charge in [-0.1, -0.05) is 54.6 Å². The van der Waals surface area contributed by atoms with E-state index >= 15 is 4.39 Å². The molecular formula is C36H33ClF3N5O5. The van der Waals surface area contributed by atoms with Crippen LogP contribution in [0.3, 0.4) is 0 Å². The quantitative estimate of drug-likeness (QED) is 0.0831. The van der Waals surface area contributed by atoms with Crippen molar-refractivity contribution in [3.05, 3.63) is 124 Å². The molecule has 1 unspecified atom stereocenters. The number of primary amides is 1. The van der Waals surface area contributed by atoms with Crippen molar-refractivity contribution in [3.63, 3.8) is 0 Å². The number of aromatic nitrogens is 1. The summed E-state index contributed by atoms with van der Waals surface area (Å²) in [5.74, 6) is -3.46. The molecule has 14 heteroatoms. The number of amides is 2. The second kappa shape index (κ2) is 13.8. The highest BCUT2D eigenvalue weighted by atomic mass is 35.5. The van der Waals surface area contributed by atoms with Gasteiger partial charge in [-0.05, 0) is 42.8 Å². The Labute approximate surface area is 290 Å². The number of pyridine rings is 1. The number of carbonyl (C=O) groups excluding carboxylic acids is 2. The number of halogens is 4. The number of carbonyl (C=O) groups is 2. The van der Waals surface area contributed by atoms with Crippen LogP contribution in [0, 0.1) is 11.6 Å². The molecule has 0 radical (unpaired) electrons. The Kier molecular flexibility index (Phi) is 9.85. The predicted molar refractivity (Wildman–Crippen MR) is 183 cm³/mol. The number of rotatable bonds is 11. The summed E-state index contributed by atoms with van der Waals surface area (Å²) in [6, 6.07) is 13.8. The molecule has 0 spiro atoms. The molecule has 4 aromatic rings. The zero-order valence-electron chi connectivity index (χ0n) is 26.9. The third kappa shape index (κ3) is 6.44. The van der Waals surface area contributed by atoms with Crippen LogP contribution >= 0.6 is 11.6 Å². The van der Waals surface area contributed by atoms with Crippen molar-refractivity contribution >= 4 is 35.2 Å². The zero-order valence-corrected chi connectivity index (χ0v) is 27.7. The SMILES string of the molecule is C=CC(F)/C(N)=C/c1cc(C(=O)NC[C@@](O)(c2ccccc2)c2cc3c(c(-c4cc(Cl)c(F)cc4F)n2)OC[C@]3(C)C(N)=O)cc(OC)c1N. The minimum atomic E-state index is -2.14. The smallest absolute Gasteiger partial charge is 0.251 e. The summed E-state index contributed by atoms with van der Waals surface area (Å²) in [7, 11) is 1.33. The topological polar surface area (TPSA) is 176 Å².